The maximum absolute atomic E-state index is 12.0. The van der Waals surface area contributed by atoms with Crippen LogP contribution < -0.4 is 15.2 Å². The van der Waals surface area contributed by atoms with Crippen LogP contribution in [-0.4, -0.2) is 28.1 Å². The van der Waals surface area contributed by atoms with Gasteiger partial charge in [0.15, 0.2) is 0 Å². The third kappa shape index (κ3) is 4.49. The summed E-state index contributed by atoms with van der Waals surface area (Å²) in [4.78, 5) is 0.277. The third-order valence-electron chi connectivity index (χ3n) is 3.01. The number of rotatable bonds is 8. The van der Waals surface area contributed by atoms with Crippen molar-refractivity contribution in [2.75, 3.05) is 19.7 Å². The lowest BCUT2D eigenvalue weighted by Gasteiger charge is -2.08. The van der Waals surface area contributed by atoms with Crippen LogP contribution in [0.15, 0.2) is 29.2 Å². The zero-order valence-corrected chi connectivity index (χ0v) is 11.7. The molecule has 0 aliphatic heterocycles. The number of benzene rings is 1. The molecule has 3 N–H and O–H groups in total. The molecule has 0 atom stereocenters. The first-order chi connectivity index (χ1) is 9.12. The second kappa shape index (κ2) is 6.36. The Morgan fingerprint density at radius 3 is 2.53 bits per heavy atom. The van der Waals surface area contributed by atoms with E-state index in [1.165, 1.54) is 0 Å². The molecule has 106 valence electrons. The predicted molar refractivity (Wildman–Crippen MR) is 73.5 cm³/mol. The minimum Gasteiger partial charge on any atom is -0.494 e. The van der Waals surface area contributed by atoms with Crippen LogP contribution in [-0.2, 0) is 10.0 Å². The van der Waals surface area contributed by atoms with Crippen molar-refractivity contribution in [2.45, 2.75) is 24.2 Å². The van der Waals surface area contributed by atoms with Crippen LogP contribution in [0, 0.1) is 5.92 Å². The van der Waals surface area contributed by atoms with Gasteiger partial charge in [-0.3, -0.25) is 0 Å². The van der Waals surface area contributed by atoms with Crippen molar-refractivity contribution in [2.24, 2.45) is 11.7 Å². The van der Waals surface area contributed by atoms with Crippen molar-refractivity contribution in [3.63, 3.8) is 0 Å². The minimum absolute atomic E-state index is 0.277. The molecule has 1 aliphatic carbocycles. The van der Waals surface area contributed by atoms with Crippen molar-refractivity contribution in [3.05, 3.63) is 24.3 Å². The summed E-state index contributed by atoms with van der Waals surface area (Å²) in [7, 11) is -3.38. The largest absolute Gasteiger partial charge is 0.494 e. The molecule has 0 unspecified atom stereocenters. The molecule has 0 spiro atoms. The fourth-order valence-corrected chi connectivity index (χ4v) is 2.74. The quantitative estimate of drug-likeness (QED) is 0.700. The van der Waals surface area contributed by atoms with Gasteiger partial charge in [-0.15, -0.1) is 0 Å². The summed E-state index contributed by atoms with van der Waals surface area (Å²) in [6.07, 6.45) is 3.02. The van der Waals surface area contributed by atoms with Crippen LogP contribution in [0.2, 0.25) is 0 Å². The summed E-state index contributed by atoms with van der Waals surface area (Å²) >= 11 is 0. The Bertz CT molecular complexity index is 495. The molecule has 0 heterocycles. The van der Waals surface area contributed by atoms with Crippen LogP contribution >= 0.6 is 0 Å². The molecule has 2 rings (SSSR count). The molecule has 6 heteroatoms. The highest BCUT2D eigenvalue weighted by molar-refractivity contribution is 7.89. The SMILES string of the molecule is NCCCOc1ccc(S(=O)(=O)NCC2CC2)cc1. The Kier molecular flexibility index (Phi) is 4.79. The molecule has 0 amide bonds. The molecule has 19 heavy (non-hydrogen) atoms. The Labute approximate surface area is 114 Å². The molecular weight excluding hydrogens is 264 g/mol. The van der Waals surface area contributed by atoms with E-state index in [-0.39, 0.29) is 4.90 Å². The van der Waals surface area contributed by atoms with Crippen molar-refractivity contribution < 1.29 is 13.2 Å². The number of hydrogen-bond acceptors (Lipinski definition) is 4. The van der Waals surface area contributed by atoms with Crippen LogP contribution in [0.25, 0.3) is 0 Å². The van der Waals surface area contributed by atoms with E-state index in [2.05, 4.69) is 4.72 Å². The van der Waals surface area contributed by atoms with E-state index in [9.17, 15) is 8.42 Å². The standard InChI is InChI=1S/C13H20N2O3S/c14-8-1-9-18-12-4-6-13(7-5-12)19(16,17)15-10-11-2-3-11/h4-7,11,15H,1-3,8-10,14H2. The van der Waals surface area contributed by atoms with Crippen LogP contribution in [0.4, 0.5) is 0 Å². The first-order valence-corrected chi connectivity index (χ1v) is 8.03. The van der Waals surface area contributed by atoms with Gasteiger partial charge in [0.25, 0.3) is 0 Å². The Balaban J connectivity index is 1.92. The smallest absolute Gasteiger partial charge is 0.240 e. The maximum atomic E-state index is 12.0. The van der Waals surface area contributed by atoms with Gasteiger partial charge in [-0.2, -0.15) is 0 Å². The number of nitrogens with one attached hydrogen (secondary N) is 1. The van der Waals surface area contributed by atoms with Gasteiger partial charge >= 0.3 is 0 Å². The van der Waals surface area contributed by atoms with E-state index in [1.54, 1.807) is 24.3 Å². The van der Waals surface area contributed by atoms with E-state index >= 15 is 0 Å². The summed E-state index contributed by atoms with van der Waals surface area (Å²) in [5.41, 5.74) is 5.37. The Morgan fingerprint density at radius 2 is 1.95 bits per heavy atom. The molecule has 1 saturated carbocycles. The summed E-state index contributed by atoms with van der Waals surface area (Å²) in [5, 5.41) is 0. The highest BCUT2D eigenvalue weighted by atomic mass is 32.2. The molecule has 1 aromatic rings. The molecule has 0 bridgehead atoms. The zero-order valence-electron chi connectivity index (χ0n) is 10.8. The molecule has 1 aromatic carbocycles. The number of nitrogens with two attached hydrogens (primary N) is 1. The summed E-state index contributed by atoms with van der Waals surface area (Å²) in [5.74, 6) is 1.18. The summed E-state index contributed by atoms with van der Waals surface area (Å²) < 4.78 is 32.0. The lowest BCUT2D eigenvalue weighted by atomic mass is 10.3. The average molecular weight is 284 g/mol. The molecule has 5 nitrogen and oxygen atoms in total. The number of sulfonamides is 1. The molecule has 1 fully saturated rings. The van der Waals surface area contributed by atoms with E-state index in [0.29, 0.717) is 31.4 Å². The van der Waals surface area contributed by atoms with E-state index < -0.39 is 10.0 Å². The first kappa shape index (κ1) is 14.3. The molecule has 1 aliphatic rings. The lowest BCUT2D eigenvalue weighted by Crippen LogP contribution is -2.25. The lowest BCUT2D eigenvalue weighted by molar-refractivity contribution is 0.313. The van der Waals surface area contributed by atoms with Crippen LogP contribution in [0.1, 0.15) is 19.3 Å². The number of ether oxygens (including phenoxy) is 1. The van der Waals surface area contributed by atoms with Gasteiger partial charge in [0.2, 0.25) is 10.0 Å². The second-order valence-electron chi connectivity index (χ2n) is 4.76. The predicted octanol–water partition coefficient (Wildman–Crippen LogP) is 1.10. The summed E-state index contributed by atoms with van der Waals surface area (Å²) in [6.45, 7) is 1.66. The first-order valence-electron chi connectivity index (χ1n) is 6.54. The maximum Gasteiger partial charge on any atom is 0.240 e. The van der Waals surface area contributed by atoms with Crippen molar-refractivity contribution >= 4 is 10.0 Å². The number of hydrogen-bond donors (Lipinski definition) is 2. The zero-order chi connectivity index (χ0) is 13.7. The topological polar surface area (TPSA) is 81.4 Å². The Morgan fingerprint density at radius 1 is 1.26 bits per heavy atom. The van der Waals surface area contributed by atoms with Gasteiger partial charge in [-0.1, -0.05) is 0 Å². The van der Waals surface area contributed by atoms with Gasteiger partial charge in [-0.05, 0) is 56.0 Å². The fraction of sp³-hybridized carbons (Fsp3) is 0.538. The van der Waals surface area contributed by atoms with E-state index in [0.717, 1.165) is 19.3 Å². The highest BCUT2D eigenvalue weighted by Crippen LogP contribution is 2.28. The van der Waals surface area contributed by atoms with Gasteiger partial charge < -0.3 is 10.5 Å². The fourth-order valence-electron chi connectivity index (χ4n) is 1.62. The van der Waals surface area contributed by atoms with Crippen LogP contribution in [0.5, 0.6) is 5.75 Å². The van der Waals surface area contributed by atoms with Crippen LogP contribution in [0.3, 0.4) is 0 Å². The summed E-state index contributed by atoms with van der Waals surface area (Å²) in [6, 6.07) is 6.46. The molecule has 0 aromatic heterocycles. The normalized spacial score (nSPS) is 15.4. The molecule has 0 radical (unpaired) electrons. The third-order valence-corrected chi connectivity index (χ3v) is 4.45. The van der Waals surface area contributed by atoms with Crippen molar-refractivity contribution in [3.8, 4) is 5.75 Å². The minimum atomic E-state index is -3.38. The van der Waals surface area contributed by atoms with Crippen molar-refractivity contribution in [1.82, 2.24) is 4.72 Å². The van der Waals surface area contributed by atoms with E-state index in [4.69, 9.17) is 10.5 Å². The molecule has 0 saturated heterocycles. The monoisotopic (exact) mass is 284 g/mol. The average Bonchev–Trinajstić information content (AvgIpc) is 3.22. The van der Waals surface area contributed by atoms with Gasteiger partial charge in [-0.25, -0.2) is 13.1 Å². The second-order valence-corrected chi connectivity index (χ2v) is 6.52. The van der Waals surface area contributed by atoms with E-state index in [1.807, 2.05) is 0 Å². The highest BCUT2D eigenvalue weighted by Gasteiger charge is 2.24. The van der Waals surface area contributed by atoms with Gasteiger partial charge in [0.05, 0.1) is 11.5 Å². The van der Waals surface area contributed by atoms with Gasteiger partial charge in [0, 0.05) is 6.54 Å². The molecular formula is C13H20N2O3S. The van der Waals surface area contributed by atoms with Crippen molar-refractivity contribution in [1.29, 1.82) is 0 Å². The van der Waals surface area contributed by atoms with Gasteiger partial charge in [0.1, 0.15) is 5.75 Å². The Hall–Kier alpha value is -1.11.